The lowest BCUT2D eigenvalue weighted by atomic mass is 9.99. The van der Waals surface area contributed by atoms with Crippen LogP contribution < -0.4 is 0 Å². The summed E-state index contributed by atoms with van der Waals surface area (Å²) in [4.78, 5) is 12.8. The molecule has 1 rings (SSSR count). The van der Waals surface area contributed by atoms with Crippen LogP contribution in [0.2, 0.25) is 0 Å². The molecule has 64 heavy (non-hydrogen) atoms. The van der Waals surface area contributed by atoms with Gasteiger partial charge in [-0.15, -0.1) is 0 Å². The molecule has 1 heterocycles. The highest BCUT2D eigenvalue weighted by molar-refractivity contribution is 5.69. The number of carbonyl (C=O) groups excluding carboxylic acids is 1. The zero-order chi connectivity index (χ0) is 46.4. The average molecular weight is 901 g/mol. The molecular formula is C55H96O9. The quantitative estimate of drug-likeness (QED) is 0.0268. The predicted octanol–water partition coefficient (Wildman–Crippen LogP) is 12.8. The molecule has 0 amide bonds. The van der Waals surface area contributed by atoms with Gasteiger partial charge in [0.25, 0.3) is 0 Å². The second-order valence-corrected chi connectivity index (χ2v) is 17.6. The van der Waals surface area contributed by atoms with Gasteiger partial charge in [0.1, 0.15) is 30.5 Å². The molecule has 1 saturated heterocycles. The van der Waals surface area contributed by atoms with E-state index in [-0.39, 0.29) is 19.2 Å². The number of ether oxygens (including phenoxy) is 4. The van der Waals surface area contributed by atoms with Gasteiger partial charge in [0.15, 0.2) is 6.29 Å². The highest BCUT2D eigenvalue weighted by Gasteiger charge is 2.44. The van der Waals surface area contributed by atoms with Gasteiger partial charge in [-0.2, -0.15) is 0 Å². The standard InChI is InChI=1S/C55H96O9/c1-3-5-7-9-11-13-15-17-19-21-23-24-25-27-29-31-33-35-37-39-41-43-45-61-47-49(48-62-55-54(60)53(59)52(58)50(46-56)64-55)63-51(57)44-42-40-38-36-34-32-30-28-26-22-20-18-16-14-12-10-8-6-4-2/h5,7,11-14,17-20,23-24,49-50,52-56,58-60H,3-4,6,8-10,15-16,21-22,25-48H2,1-2H3/b7-5-,13-11-,14-12-,19-17-,20-18-,24-23-. The molecule has 0 radical (unpaired) electrons. The summed E-state index contributed by atoms with van der Waals surface area (Å²) in [6.45, 7) is 4.41. The van der Waals surface area contributed by atoms with Crippen LogP contribution in [0.5, 0.6) is 0 Å². The van der Waals surface area contributed by atoms with Crippen LogP contribution in [0, 0.1) is 0 Å². The summed E-state index contributed by atoms with van der Waals surface area (Å²) >= 11 is 0. The lowest BCUT2D eigenvalue weighted by Gasteiger charge is -2.39. The summed E-state index contributed by atoms with van der Waals surface area (Å²) in [5.74, 6) is -0.321. The summed E-state index contributed by atoms with van der Waals surface area (Å²) in [6, 6.07) is 0. The lowest BCUT2D eigenvalue weighted by molar-refractivity contribution is -0.305. The Morgan fingerprint density at radius 2 is 0.953 bits per heavy atom. The molecule has 1 fully saturated rings. The maximum Gasteiger partial charge on any atom is 0.306 e. The van der Waals surface area contributed by atoms with E-state index in [1.165, 1.54) is 116 Å². The molecule has 0 aromatic carbocycles. The van der Waals surface area contributed by atoms with Gasteiger partial charge >= 0.3 is 5.97 Å². The fourth-order valence-electron chi connectivity index (χ4n) is 7.57. The molecule has 0 bridgehead atoms. The van der Waals surface area contributed by atoms with Crippen molar-refractivity contribution >= 4 is 5.97 Å². The van der Waals surface area contributed by atoms with Crippen LogP contribution in [0.15, 0.2) is 72.9 Å². The highest BCUT2D eigenvalue weighted by atomic mass is 16.7. The van der Waals surface area contributed by atoms with Crippen molar-refractivity contribution in [3.8, 4) is 0 Å². The summed E-state index contributed by atoms with van der Waals surface area (Å²) < 4.78 is 22.9. The van der Waals surface area contributed by atoms with Crippen LogP contribution in [0.3, 0.4) is 0 Å². The molecule has 6 unspecified atom stereocenters. The Balaban J connectivity index is 2.21. The highest BCUT2D eigenvalue weighted by Crippen LogP contribution is 2.23. The van der Waals surface area contributed by atoms with E-state index >= 15 is 0 Å². The van der Waals surface area contributed by atoms with Crippen LogP contribution in [-0.4, -0.2) is 89.6 Å². The average Bonchev–Trinajstić information content (AvgIpc) is 3.30. The zero-order valence-electron chi connectivity index (χ0n) is 40.8. The number of aliphatic hydroxyl groups is 4. The van der Waals surface area contributed by atoms with Gasteiger partial charge in [-0.3, -0.25) is 4.79 Å². The van der Waals surface area contributed by atoms with Crippen LogP contribution in [-0.2, 0) is 23.7 Å². The van der Waals surface area contributed by atoms with Crippen molar-refractivity contribution in [2.24, 2.45) is 0 Å². The molecule has 0 saturated carbocycles. The molecule has 0 spiro atoms. The van der Waals surface area contributed by atoms with Crippen LogP contribution >= 0.6 is 0 Å². The Hall–Kier alpha value is -2.37. The maximum atomic E-state index is 12.8. The third kappa shape index (κ3) is 35.8. The van der Waals surface area contributed by atoms with E-state index in [2.05, 4.69) is 86.8 Å². The number of aliphatic hydroxyl groups excluding tert-OH is 4. The SMILES string of the molecule is CC/C=C\C/C=C\C/C=C\C/C=C\CCCCCCCCCCCOCC(COC1OC(CO)C(O)C(O)C1O)OC(=O)CCCCCCCCCCC/C=C\C/C=C\CCCCC. The molecule has 0 aromatic heterocycles. The number of allylic oxidation sites excluding steroid dienone is 12. The Labute approximate surface area is 391 Å². The van der Waals surface area contributed by atoms with E-state index in [9.17, 15) is 25.2 Å². The first-order valence-electron chi connectivity index (χ1n) is 26.0. The number of hydrogen-bond donors (Lipinski definition) is 4. The third-order valence-corrected chi connectivity index (χ3v) is 11.6. The predicted molar refractivity (Wildman–Crippen MR) is 265 cm³/mol. The van der Waals surface area contributed by atoms with E-state index in [4.69, 9.17) is 18.9 Å². The molecule has 9 heteroatoms. The summed E-state index contributed by atoms with van der Waals surface area (Å²) in [6.07, 6.45) is 53.6. The van der Waals surface area contributed by atoms with Gasteiger partial charge in [0.05, 0.1) is 19.8 Å². The van der Waals surface area contributed by atoms with Crippen molar-refractivity contribution in [2.75, 3.05) is 26.4 Å². The van der Waals surface area contributed by atoms with E-state index in [0.29, 0.717) is 13.0 Å². The molecule has 1 aliphatic heterocycles. The second-order valence-electron chi connectivity index (χ2n) is 17.6. The van der Waals surface area contributed by atoms with Crippen molar-refractivity contribution < 1.29 is 44.2 Å². The van der Waals surface area contributed by atoms with E-state index in [0.717, 1.165) is 70.6 Å². The normalized spacial score (nSPS) is 20.1. The van der Waals surface area contributed by atoms with E-state index in [1.807, 2.05) is 0 Å². The monoisotopic (exact) mass is 901 g/mol. The minimum absolute atomic E-state index is 0.120. The van der Waals surface area contributed by atoms with Crippen LogP contribution in [0.25, 0.3) is 0 Å². The Kier molecular flexibility index (Phi) is 42.7. The van der Waals surface area contributed by atoms with Gasteiger partial charge in [-0.05, 0) is 83.5 Å². The summed E-state index contributed by atoms with van der Waals surface area (Å²) in [5.41, 5.74) is 0. The van der Waals surface area contributed by atoms with Crippen molar-refractivity contribution in [2.45, 2.75) is 243 Å². The minimum Gasteiger partial charge on any atom is -0.457 e. The molecule has 4 N–H and O–H groups in total. The maximum absolute atomic E-state index is 12.8. The molecule has 9 nitrogen and oxygen atoms in total. The number of carbonyl (C=O) groups is 1. The topological polar surface area (TPSA) is 135 Å². The van der Waals surface area contributed by atoms with Gasteiger partial charge in [0, 0.05) is 13.0 Å². The molecule has 1 aliphatic rings. The van der Waals surface area contributed by atoms with Crippen molar-refractivity contribution in [3.05, 3.63) is 72.9 Å². The van der Waals surface area contributed by atoms with Crippen molar-refractivity contribution in [1.82, 2.24) is 0 Å². The Morgan fingerprint density at radius 3 is 1.44 bits per heavy atom. The molecule has 0 aliphatic carbocycles. The second kappa shape index (κ2) is 45.8. The smallest absolute Gasteiger partial charge is 0.306 e. The number of rotatable bonds is 44. The first kappa shape index (κ1) is 59.6. The fourth-order valence-corrected chi connectivity index (χ4v) is 7.57. The molecular weight excluding hydrogens is 805 g/mol. The van der Waals surface area contributed by atoms with Gasteiger partial charge < -0.3 is 39.4 Å². The Bertz CT molecular complexity index is 1210. The van der Waals surface area contributed by atoms with Gasteiger partial charge in [0.2, 0.25) is 0 Å². The number of unbranched alkanes of at least 4 members (excludes halogenated alkanes) is 21. The Morgan fingerprint density at radius 1 is 0.516 bits per heavy atom. The van der Waals surface area contributed by atoms with Gasteiger partial charge in [-0.25, -0.2) is 0 Å². The van der Waals surface area contributed by atoms with Crippen LogP contribution in [0.4, 0.5) is 0 Å². The van der Waals surface area contributed by atoms with E-state index in [1.54, 1.807) is 0 Å². The summed E-state index contributed by atoms with van der Waals surface area (Å²) in [7, 11) is 0. The summed E-state index contributed by atoms with van der Waals surface area (Å²) in [5, 5.41) is 40.3. The van der Waals surface area contributed by atoms with Gasteiger partial charge in [-0.1, -0.05) is 189 Å². The van der Waals surface area contributed by atoms with Crippen LogP contribution in [0.1, 0.15) is 206 Å². The first-order chi connectivity index (χ1) is 31.4. The van der Waals surface area contributed by atoms with E-state index < -0.39 is 43.4 Å². The number of esters is 1. The zero-order valence-corrected chi connectivity index (χ0v) is 40.8. The minimum atomic E-state index is -1.54. The van der Waals surface area contributed by atoms with Crippen molar-refractivity contribution in [1.29, 1.82) is 0 Å². The molecule has 370 valence electrons. The number of hydrogen-bond acceptors (Lipinski definition) is 9. The largest absolute Gasteiger partial charge is 0.457 e. The molecule has 0 aromatic rings. The third-order valence-electron chi connectivity index (χ3n) is 11.6. The molecule has 6 atom stereocenters. The van der Waals surface area contributed by atoms with Crippen molar-refractivity contribution in [3.63, 3.8) is 0 Å². The fraction of sp³-hybridized carbons (Fsp3) is 0.764. The first-order valence-corrected chi connectivity index (χ1v) is 26.0. The lowest BCUT2D eigenvalue weighted by Crippen LogP contribution is -2.59.